The summed E-state index contributed by atoms with van der Waals surface area (Å²) in [6.45, 7) is 1.84. The molecule has 0 aliphatic heterocycles. The van der Waals surface area contributed by atoms with E-state index < -0.39 is 11.7 Å². The van der Waals surface area contributed by atoms with Crippen LogP contribution in [-0.4, -0.2) is 26.8 Å². The minimum atomic E-state index is -0.740. The molecule has 0 spiro atoms. The van der Waals surface area contributed by atoms with E-state index in [1.165, 1.54) is 41.8 Å². The van der Waals surface area contributed by atoms with E-state index in [1.54, 1.807) is 12.3 Å². The summed E-state index contributed by atoms with van der Waals surface area (Å²) in [4.78, 5) is 37.4. The summed E-state index contributed by atoms with van der Waals surface area (Å²) in [5.74, 6) is -2.03. The number of aromatic nitrogens is 3. The number of ether oxygens (including phenoxy) is 1. The number of nitrogens with one attached hydrogen (secondary N) is 1. The number of anilines is 1. The number of carbonyl (C=O) groups excluding carboxylic acids is 2. The number of halogens is 1. The van der Waals surface area contributed by atoms with Gasteiger partial charge in [-0.25, -0.2) is 14.4 Å². The highest BCUT2D eigenvalue weighted by atomic mass is 32.1. The third-order valence-corrected chi connectivity index (χ3v) is 5.64. The maximum atomic E-state index is 14.6. The fourth-order valence-corrected chi connectivity index (χ4v) is 3.99. The highest BCUT2D eigenvalue weighted by molar-refractivity contribution is 7.19. The van der Waals surface area contributed by atoms with Gasteiger partial charge in [0.2, 0.25) is 11.8 Å². The fraction of sp³-hybridized carbons (Fsp3) is 0.0870. The van der Waals surface area contributed by atoms with Crippen molar-refractivity contribution in [2.75, 3.05) is 5.32 Å². The first-order valence-corrected chi connectivity index (χ1v) is 10.6. The molecule has 3 N–H and O–H groups in total. The van der Waals surface area contributed by atoms with Crippen molar-refractivity contribution >= 4 is 28.3 Å². The second-order valence-electron chi connectivity index (χ2n) is 6.96. The first kappa shape index (κ1) is 22.0. The van der Waals surface area contributed by atoms with Crippen LogP contribution in [-0.2, 0) is 11.2 Å². The van der Waals surface area contributed by atoms with Crippen molar-refractivity contribution in [3.8, 4) is 22.2 Å². The molecule has 3 aromatic heterocycles. The van der Waals surface area contributed by atoms with Gasteiger partial charge >= 0.3 is 0 Å². The average molecular weight is 463 g/mol. The molecule has 33 heavy (non-hydrogen) atoms. The Hall–Kier alpha value is -4.18. The SMILES string of the molecule is Cc1nc(NC(=O)Cc2ccc(Oc3ncccc3C(N)=O)c(F)c2)sc1-c1ccccn1. The lowest BCUT2D eigenvalue weighted by molar-refractivity contribution is -0.115. The van der Waals surface area contributed by atoms with Crippen molar-refractivity contribution in [2.24, 2.45) is 5.73 Å². The Morgan fingerprint density at radius 2 is 1.94 bits per heavy atom. The number of primary amides is 1. The standard InChI is InChI=1S/C23H18FN5O3S/c1-13-20(17-6-2-3-9-26-17)33-23(28-13)29-19(30)12-14-7-8-18(16(24)11-14)32-22-15(21(25)31)5-4-10-27-22/h2-11H,12H2,1H3,(H2,25,31)(H,28,29,30). The maximum absolute atomic E-state index is 14.6. The summed E-state index contributed by atoms with van der Waals surface area (Å²) in [7, 11) is 0. The normalized spacial score (nSPS) is 10.6. The molecule has 166 valence electrons. The van der Waals surface area contributed by atoms with Gasteiger partial charge in [-0.3, -0.25) is 14.6 Å². The third-order valence-electron chi connectivity index (χ3n) is 4.54. The zero-order valence-corrected chi connectivity index (χ0v) is 18.2. The van der Waals surface area contributed by atoms with E-state index in [9.17, 15) is 14.0 Å². The van der Waals surface area contributed by atoms with Gasteiger partial charge in [0.15, 0.2) is 16.7 Å². The smallest absolute Gasteiger partial charge is 0.254 e. The van der Waals surface area contributed by atoms with Gasteiger partial charge < -0.3 is 15.8 Å². The van der Waals surface area contributed by atoms with Crippen LogP contribution in [0, 0.1) is 12.7 Å². The van der Waals surface area contributed by atoms with E-state index in [4.69, 9.17) is 10.5 Å². The minimum absolute atomic E-state index is 0.0316. The van der Waals surface area contributed by atoms with E-state index in [1.807, 2.05) is 25.1 Å². The second-order valence-corrected chi connectivity index (χ2v) is 7.96. The van der Waals surface area contributed by atoms with Crippen molar-refractivity contribution in [2.45, 2.75) is 13.3 Å². The number of amides is 2. The Bertz CT molecular complexity index is 1330. The Balaban J connectivity index is 1.43. The van der Waals surface area contributed by atoms with Gasteiger partial charge in [-0.1, -0.05) is 23.5 Å². The van der Waals surface area contributed by atoms with Gasteiger partial charge in [0.1, 0.15) is 5.56 Å². The molecule has 8 nitrogen and oxygen atoms in total. The zero-order chi connectivity index (χ0) is 23.4. The molecule has 4 aromatic rings. The summed E-state index contributed by atoms with van der Waals surface area (Å²) < 4.78 is 20.0. The van der Waals surface area contributed by atoms with Gasteiger partial charge in [0, 0.05) is 12.4 Å². The van der Waals surface area contributed by atoms with Crippen LogP contribution in [0.25, 0.3) is 10.6 Å². The number of nitrogens with zero attached hydrogens (tertiary/aromatic N) is 3. The summed E-state index contributed by atoms with van der Waals surface area (Å²) in [6, 6.07) is 12.6. The maximum Gasteiger partial charge on any atom is 0.254 e. The molecule has 0 radical (unpaired) electrons. The van der Waals surface area contributed by atoms with Crippen LogP contribution in [0.2, 0.25) is 0 Å². The fourth-order valence-electron chi connectivity index (χ4n) is 3.03. The Labute approximate surface area is 192 Å². The molecule has 3 heterocycles. The van der Waals surface area contributed by atoms with E-state index in [0.29, 0.717) is 10.7 Å². The molecule has 0 aliphatic rings. The Kier molecular flexibility index (Phi) is 6.36. The molecule has 10 heteroatoms. The molecule has 0 unspecified atom stereocenters. The van der Waals surface area contributed by atoms with Crippen LogP contribution in [0.15, 0.2) is 60.9 Å². The Morgan fingerprint density at radius 3 is 2.67 bits per heavy atom. The van der Waals surface area contributed by atoms with Crippen LogP contribution in [0.5, 0.6) is 11.6 Å². The molecular weight excluding hydrogens is 445 g/mol. The van der Waals surface area contributed by atoms with Crippen LogP contribution in [0.4, 0.5) is 9.52 Å². The van der Waals surface area contributed by atoms with Gasteiger partial charge in [0.25, 0.3) is 5.91 Å². The molecular formula is C23H18FN5O3S. The van der Waals surface area contributed by atoms with Crippen molar-refractivity contribution in [1.29, 1.82) is 0 Å². The molecule has 0 saturated heterocycles. The molecule has 2 amide bonds. The Morgan fingerprint density at radius 1 is 1.12 bits per heavy atom. The van der Waals surface area contributed by atoms with Gasteiger partial charge in [-0.15, -0.1) is 0 Å². The highest BCUT2D eigenvalue weighted by Gasteiger charge is 2.16. The summed E-state index contributed by atoms with van der Waals surface area (Å²) in [5, 5.41) is 3.18. The van der Waals surface area contributed by atoms with E-state index in [2.05, 4.69) is 20.3 Å². The molecule has 1 aromatic carbocycles. The predicted molar refractivity (Wildman–Crippen MR) is 122 cm³/mol. The van der Waals surface area contributed by atoms with E-state index in [-0.39, 0.29) is 29.5 Å². The highest BCUT2D eigenvalue weighted by Crippen LogP contribution is 2.31. The minimum Gasteiger partial charge on any atom is -0.435 e. The molecule has 0 atom stereocenters. The van der Waals surface area contributed by atoms with Crippen LogP contribution < -0.4 is 15.8 Å². The number of carbonyl (C=O) groups is 2. The number of nitrogens with two attached hydrogens (primary N) is 1. The average Bonchev–Trinajstić information content (AvgIpc) is 3.16. The van der Waals surface area contributed by atoms with E-state index in [0.717, 1.165) is 16.3 Å². The number of benzene rings is 1. The molecule has 0 bridgehead atoms. The first-order valence-electron chi connectivity index (χ1n) is 9.80. The van der Waals surface area contributed by atoms with Crippen LogP contribution >= 0.6 is 11.3 Å². The lowest BCUT2D eigenvalue weighted by Gasteiger charge is -2.09. The monoisotopic (exact) mass is 463 g/mol. The van der Waals surface area contributed by atoms with Crippen molar-refractivity contribution in [1.82, 2.24) is 15.0 Å². The molecule has 0 fully saturated rings. The number of pyridine rings is 2. The topological polar surface area (TPSA) is 120 Å². The number of rotatable bonds is 7. The number of thiazole rings is 1. The molecule has 0 saturated carbocycles. The summed E-state index contributed by atoms with van der Waals surface area (Å²) in [6.07, 6.45) is 3.03. The van der Waals surface area contributed by atoms with Crippen molar-refractivity contribution in [3.63, 3.8) is 0 Å². The molecule has 0 aliphatic carbocycles. The van der Waals surface area contributed by atoms with Crippen molar-refractivity contribution in [3.05, 3.63) is 83.6 Å². The first-order chi connectivity index (χ1) is 15.9. The largest absolute Gasteiger partial charge is 0.435 e. The van der Waals surface area contributed by atoms with Crippen molar-refractivity contribution < 1.29 is 18.7 Å². The second kappa shape index (κ2) is 9.53. The van der Waals surface area contributed by atoms with E-state index >= 15 is 0 Å². The number of hydrogen-bond acceptors (Lipinski definition) is 7. The zero-order valence-electron chi connectivity index (χ0n) is 17.4. The summed E-state index contributed by atoms with van der Waals surface area (Å²) in [5.41, 5.74) is 7.29. The lowest BCUT2D eigenvalue weighted by atomic mass is 10.1. The van der Waals surface area contributed by atoms with Gasteiger partial charge in [-0.2, -0.15) is 0 Å². The van der Waals surface area contributed by atoms with Gasteiger partial charge in [-0.05, 0) is 48.9 Å². The number of hydrogen-bond donors (Lipinski definition) is 2. The predicted octanol–water partition coefficient (Wildman–Crippen LogP) is 4.12. The van der Waals surface area contributed by atoms with Crippen LogP contribution in [0.3, 0.4) is 0 Å². The molecule has 4 rings (SSSR count). The van der Waals surface area contributed by atoms with Crippen LogP contribution in [0.1, 0.15) is 21.6 Å². The van der Waals surface area contributed by atoms with Gasteiger partial charge in [0.05, 0.1) is 22.7 Å². The third kappa shape index (κ3) is 5.18. The lowest BCUT2D eigenvalue weighted by Crippen LogP contribution is -2.14. The quantitative estimate of drug-likeness (QED) is 0.425. The summed E-state index contributed by atoms with van der Waals surface area (Å²) >= 11 is 1.32. The number of aryl methyl sites for hydroxylation is 1.